The minimum atomic E-state index is -0.119. The maximum atomic E-state index is 12.5. The molecule has 1 aromatic rings. The Morgan fingerprint density at radius 1 is 1.25 bits per heavy atom. The summed E-state index contributed by atoms with van der Waals surface area (Å²) >= 11 is 0. The Morgan fingerprint density at radius 3 is 2.67 bits per heavy atom. The molecular weight excluding hydrogens is 306 g/mol. The first-order chi connectivity index (χ1) is 11.6. The Bertz CT molecular complexity index is 577. The number of H-pyrrole nitrogens is 1. The lowest BCUT2D eigenvalue weighted by Crippen LogP contribution is -2.49. The molecule has 2 aliphatic rings. The Balaban J connectivity index is 1.55. The minimum absolute atomic E-state index is 0.00331. The van der Waals surface area contributed by atoms with Gasteiger partial charge in [0.1, 0.15) is 5.82 Å². The molecule has 1 saturated carbocycles. The Hall–Kier alpha value is -1.92. The van der Waals surface area contributed by atoms with Gasteiger partial charge in [-0.05, 0) is 26.2 Å². The third-order valence-corrected chi connectivity index (χ3v) is 5.14. The highest BCUT2D eigenvalue weighted by Crippen LogP contribution is 2.27. The maximum Gasteiger partial charge on any atom is 0.225 e. The van der Waals surface area contributed by atoms with Crippen molar-refractivity contribution in [2.75, 3.05) is 6.54 Å². The summed E-state index contributed by atoms with van der Waals surface area (Å²) in [5.74, 6) is 1.43. The molecule has 1 saturated heterocycles. The molecule has 2 amide bonds. The largest absolute Gasteiger partial charge is 0.348 e. The van der Waals surface area contributed by atoms with Crippen LogP contribution in [0.1, 0.15) is 63.0 Å². The zero-order valence-corrected chi connectivity index (χ0v) is 14.4. The number of hydrogen-bond donors (Lipinski definition) is 2. The fraction of sp³-hybridized carbons (Fsp3) is 0.765. The lowest BCUT2D eigenvalue weighted by atomic mass is 9.93. The van der Waals surface area contributed by atoms with E-state index >= 15 is 0 Å². The predicted molar refractivity (Wildman–Crippen MR) is 88.9 cm³/mol. The van der Waals surface area contributed by atoms with Gasteiger partial charge in [0.15, 0.2) is 5.82 Å². The highest BCUT2D eigenvalue weighted by atomic mass is 16.2. The van der Waals surface area contributed by atoms with Crippen LogP contribution in [0, 0.1) is 12.8 Å². The molecule has 2 heterocycles. The van der Waals surface area contributed by atoms with Gasteiger partial charge in [0.25, 0.3) is 0 Å². The Morgan fingerprint density at radius 2 is 2.00 bits per heavy atom. The zero-order valence-electron chi connectivity index (χ0n) is 14.4. The normalized spacial score (nSPS) is 23.1. The van der Waals surface area contributed by atoms with Gasteiger partial charge in [0.05, 0.1) is 12.5 Å². The van der Waals surface area contributed by atoms with Crippen molar-refractivity contribution >= 4 is 11.8 Å². The fourth-order valence-corrected chi connectivity index (χ4v) is 3.79. The Kier molecular flexibility index (Phi) is 5.48. The average Bonchev–Trinajstić information content (AvgIpc) is 2.83. The van der Waals surface area contributed by atoms with Crippen LogP contribution >= 0.6 is 0 Å². The minimum Gasteiger partial charge on any atom is -0.348 e. The summed E-state index contributed by atoms with van der Waals surface area (Å²) in [6.45, 7) is 2.72. The zero-order chi connectivity index (χ0) is 16.9. The number of hydrogen-bond acceptors (Lipinski definition) is 4. The van der Waals surface area contributed by atoms with Crippen molar-refractivity contribution in [3.63, 3.8) is 0 Å². The van der Waals surface area contributed by atoms with E-state index < -0.39 is 0 Å². The molecule has 0 bridgehead atoms. The van der Waals surface area contributed by atoms with Crippen LogP contribution in [-0.2, 0) is 16.1 Å². The molecule has 7 nitrogen and oxygen atoms in total. The van der Waals surface area contributed by atoms with Crippen molar-refractivity contribution in [1.82, 2.24) is 25.4 Å². The summed E-state index contributed by atoms with van der Waals surface area (Å²) in [7, 11) is 0. The van der Waals surface area contributed by atoms with Gasteiger partial charge in [-0.1, -0.05) is 25.7 Å². The van der Waals surface area contributed by atoms with Gasteiger partial charge in [0.2, 0.25) is 11.8 Å². The summed E-state index contributed by atoms with van der Waals surface area (Å²) in [6.07, 6.45) is 8.18. The third-order valence-electron chi connectivity index (χ3n) is 5.14. The topological polar surface area (TPSA) is 91.0 Å². The lowest BCUT2D eigenvalue weighted by Gasteiger charge is -2.37. The average molecular weight is 333 g/mol. The molecule has 1 aromatic heterocycles. The van der Waals surface area contributed by atoms with Gasteiger partial charge in [-0.2, -0.15) is 5.10 Å². The van der Waals surface area contributed by atoms with Crippen LogP contribution < -0.4 is 5.32 Å². The maximum absolute atomic E-state index is 12.5. The Labute approximate surface area is 142 Å². The van der Waals surface area contributed by atoms with Crippen molar-refractivity contribution in [3.8, 4) is 0 Å². The van der Waals surface area contributed by atoms with E-state index in [9.17, 15) is 9.59 Å². The molecular formula is C17H27N5O2. The molecule has 2 N–H and O–H groups in total. The summed E-state index contributed by atoms with van der Waals surface area (Å²) < 4.78 is 0. The van der Waals surface area contributed by atoms with Crippen molar-refractivity contribution in [1.29, 1.82) is 0 Å². The second kappa shape index (κ2) is 7.77. The number of aromatic amines is 1. The molecule has 0 aromatic carbocycles. The summed E-state index contributed by atoms with van der Waals surface area (Å²) in [5, 5.41) is 9.71. The number of likely N-dealkylation sites (tertiary alicyclic amines) is 1. The van der Waals surface area contributed by atoms with Crippen molar-refractivity contribution in [2.45, 2.75) is 70.9 Å². The number of carbonyl (C=O) groups is 2. The number of piperidine rings is 1. The number of rotatable bonds is 4. The van der Waals surface area contributed by atoms with Crippen LogP contribution in [0.25, 0.3) is 0 Å². The predicted octanol–water partition coefficient (Wildman–Crippen LogP) is 1.69. The molecule has 7 heteroatoms. The SMILES string of the molecule is Cc1nc(CNC(=O)[C@H]2CCC(=O)N(C3CCCCCC3)C2)n[nH]1. The molecule has 2 fully saturated rings. The standard InChI is InChI=1S/C17H27N5O2/c1-12-19-15(21-20-12)10-18-17(24)13-8-9-16(23)22(11-13)14-6-4-2-3-5-7-14/h13-14H,2-11H2,1H3,(H,18,24)(H,19,20,21)/t13-/m0/s1. The number of aromatic nitrogens is 3. The molecule has 1 atom stereocenters. The highest BCUT2D eigenvalue weighted by molar-refractivity contribution is 5.83. The van der Waals surface area contributed by atoms with E-state index in [4.69, 9.17) is 0 Å². The van der Waals surface area contributed by atoms with Crippen LogP contribution in [0.5, 0.6) is 0 Å². The number of carbonyl (C=O) groups excluding carboxylic acids is 2. The smallest absolute Gasteiger partial charge is 0.225 e. The second-order valence-electron chi connectivity index (χ2n) is 6.98. The molecule has 0 radical (unpaired) electrons. The van der Waals surface area contributed by atoms with Crippen LogP contribution in [0.4, 0.5) is 0 Å². The van der Waals surface area contributed by atoms with E-state index in [0.29, 0.717) is 37.8 Å². The van der Waals surface area contributed by atoms with Crippen molar-refractivity contribution in [3.05, 3.63) is 11.6 Å². The number of nitrogens with zero attached hydrogens (tertiary/aromatic N) is 3. The van der Waals surface area contributed by atoms with Gasteiger partial charge in [-0.15, -0.1) is 0 Å². The number of nitrogens with one attached hydrogen (secondary N) is 2. The van der Waals surface area contributed by atoms with Gasteiger partial charge < -0.3 is 10.2 Å². The van der Waals surface area contributed by atoms with Gasteiger partial charge in [0, 0.05) is 19.0 Å². The highest BCUT2D eigenvalue weighted by Gasteiger charge is 2.34. The summed E-state index contributed by atoms with van der Waals surface area (Å²) in [6, 6.07) is 0.325. The molecule has 132 valence electrons. The fourth-order valence-electron chi connectivity index (χ4n) is 3.79. The summed E-state index contributed by atoms with van der Waals surface area (Å²) in [4.78, 5) is 31.0. The van der Waals surface area contributed by atoms with Crippen LogP contribution in [0.2, 0.25) is 0 Å². The van der Waals surface area contributed by atoms with Crippen molar-refractivity contribution < 1.29 is 9.59 Å². The van der Waals surface area contributed by atoms with Crippen LogP contribution in [0.3, 0.4) is 0 Å². The van der Waals surface area contributed by atoms with Gasteiger partial charge >= 0.3 is 0 Å². The first-order valence-electron chi connectivity index (χ1n) is 9.08. The monoisotopic (exact) mass is 333 g/mol. The molecule has 1 aliphatic carbocycles. The van der Waals surface area contributed by atoms with E-state index in [1.807, 2.05) is 11.8 Å². The van der Waals surface area contributed by atoms with Gasteiger partial charge in [-0.3, -0.25) is 14.7 Å². The third kappa shape index (κ3) is 4.13. The first-order valence-corrected chi connectivity index (χ1v) is 9.08. The lowest BCUT2D eigenvalue weighted by molar-refractivity contribution is -0.141. The molecule has 3 rings (SSSR count). The number of aryl methyl sites for hydroxylation is 1. The molecule has 1 aliphatic heterocycles. The number of amides is 2. The molecule has 0 unspecified atom stereocenters. The van der Waals surface area contributed by atoms with Crippen LogP contribution in [0.15, 0.2) is 0 Å². The quantitative estimate of drug-likeness (QED) is 0.820. The van der Waals surface area contributed by atoms with E-state index in [1.165, 1.54) is 25.7 Å². The second-order valence-corrected chi connectivity index (χ2v) is 6.98. The van der Waals surface area contributed by atoms with E-state index in [1.54, 1.807) is 0 Å². The first kappa shape index (κ1) is 16.9. The van der Waals surface area contributed by atoms with E-state index in [-0.39, 0.29) is 17.7 Å². The van der Waals surface area contributed by atoms with Gasteiger partial charge in [-0.25, -0.2) is 4.98 Å². The van der Waals surface area contributed by atoms with Crippen LogP contribution in [-0.4, -0.2) is 44.5 Å². The molecule has 24 heavy (non-hydrogen) atoms. The van der Waals surface area contributed by atoms with Crippen molar-refractivity contribution in [2.24, 2.45) is 5.92 Å². The van der Waals surface area contributed by atoms with E-state index in [2.05, 4.69) is 20.5 Å². The molecule has 0 spiro atoms. The van der Waals surface area contributed by atoms with E-state index in [0.717, 1.165) is 18.7 Å². The summed E-state index contributed by atoms with van der Waals surface area (Å²) in [5.41, 5.74) is 0.